The van der Waals surface area contributed by atoms with E-state index in [1.165, 1.54) is 23.3 Å². The molecule has 0 aromatic carbocycles. The van der Waals surface area contributed by atoms with E-state index in [1.807, 2.05) is 11.0 Å². The first-order valence-electron chi connectivity index (χ1n) is 8.12. The van der Waals surface area contributed by atoms with Gasteiger partial charge in [0.05, 0.1) is 11.8 Å². The number of thiophene rings is 1. The van der Waals surface area contributed by atoms with E-state index in [-0.39, 0.29) is 11.8 Å². The van der Waals surface area contributed by atoms with Crippen LogP contribution in [0.3, 0.4) is 0 Å². The van der Waals surface area contributed by atoms with Gasteiger partial charge >= 0.3 is 0 Å². The summed E-state index contributed by atoms with van der Waals surface area (Å²) < 4.78 is 5.30. The molecule has 4 nitrogen and oxygen atoms in total. The van der Waals surface area contributed by atoms with Crippen LogP contribution in [0.5, 0.6) is 0 Å². The molecule has 1 fully saturated rings. The lowest BCUT2D eigenvalue weighted by Gasteiger charge is -2.31. The van der Waals surface area contributed by atoms with Gasteiger partial charge in [0.15, 0.2) is 0 Å². The second-order valence-electron chi connectivity index (χ2n) is 6.26. The lowest BCUT2D eigenvalue weighted by Crippen LogP contribution is -2.39. The third-order valence-electron chi connectivity index (χ3n) is 4.86. The van der Waals surface area contributed by atoms with Crippen LogP contribution in [0.25, 0.3) is 0 Å². The molecule has 0 spiro atoms. The van der Waals surface area contributed by atoms with Gasteiger partial charge in [0.2, 0.25) is 0 Å². The molecular weight excluding hydrogens is 296 g/mol. The average Bonchev–Trinajstić information content (AvgIpc) is 3.24. The lowest BCUT2D eigenvalue weighted by atomic mass is 9.93. The van der Waals surface area contributed by atoms with Gasteiger partial charge in [0.25, 0.3) is 5.91 Å². The molecule has 0 bridgehead atoms. The maximum atomic E-state index is 12.9. The summed E-state index contributed by atoms with van der Waals surface area (Å²) in [5.74, 6) is 1.41. The van der Waals surface area contributed by atoms with Gasteiger partial charge in [-0.1, -0.05) is 5.16 Å². The van der Waals surface area contributed by atoms with Crippen LogP contribution in [0.2, 0.25) is 0 Å². The van der Waals surface area contributed by atoms with Crippen molar-refractivity contribution in [1.29, 1.82) is 0 Å². The molecule has 3 heterocycles. The topological polar surface area (TPSA) is 46.3 Å². The van der Waals surface area contributed by atoms with Gasteiger partial charge in [-0.05, 0) is 44.1 Å². The number of likely N-dealkylation sites (tertiary alicyclic amines) is 1. The molecule has 2 aromatic rings. The SMILES string of the molecule is O=C(c1csc2c1CCCC2)N1CCCC(c2ccno2)C1. The van der Waals surface area contributed by atoms with Crippen molar-refractivity contribution in [3.05, 3.63) is 39.4 Å². The monoisotopic (exact) mass is 316 g/mol. The first-order chi connectivity index (χ1) is 10.8. The van der Waals surface area contributed by atoms with Crippen LogP contribution < -0.4 is 0 Å². The lowest BCUT2D eigenvalue weighted by molar-refractivity contribution is 0.0697. The number of rotatable bonds is 2. The molecule has 116 valence electrons. The van der Waals surface area contributed by atoms with Crippen molar-refractivity contribution >= 4 is 17.2 Å². The Labute approximate surface area is 134 Å². The molecule has 1 atom stereocenters. The Morgan fingerprint density at radius 1 is 1.32 bits per heavy atom. The maximum absolute atomic E-state index is 12.9. The van der Waals surface area contributed by atoms with E-state index in [4.69, 9.17) is 4.52 Å². The van der Waals surface area contributed by atoms with Crippen molar-refractivity contribution in [2.75, 3.05) is 13.1 Å². The minimum atomic E-state index is 0.212. The molecule has 2 aromatic heterocycles. The summed E-state index contributed by atoms with van der Waals surface area (Å²) in [6, 6.07) is 1.92. The van der Waals surface area contributed by atoms with Crippen molar-refractivity contribution in [1.82, 2.24) is 10.1 Å². The number of piperidine rings is 1. The van der Waals surface area contributed by atoms with Gasteiger partial charge in [-0.3, -0.25) is 4.79 Å². The number of aromatic nitrogens is 1. The summed E-state index contributed by atoms with van der Waals surface area (Å²) in [5.41, 5.74) is 2.28. The molecule has 0 radical (unpaired) electrons. The second kappa shape index (κ2) is 5.88. The minimum absolute atomic E-state index is 0.212. The fourth-order valence-electron chi connectivity index (χ4n) is 3.67. The summed E-state index contributed by atoms with van der Waals surface area (Å²) in [7, 11) is 0. The third-order valence-corrected chi connectivity index (χ3v) is 5.95. The summed E-state index contributed by atoms with van der Waals surface area (Å²) in [5, 5.41) is 5.88. The van der Waals surface area contributed by atoms with E-state index in [1.54, 1.807) is 17.5 Å². The molecule has 1 aliphatic heterocycles. The largest absolute Gasteiger partial charge is 0.361 e. The van der Waals surface area contributed by atoms with E-state index < -0.39 is 0 Å². The molecule has 1 amide bonds. The molecule has 1 aliphatic carbocycles. The fourth-order valence-corrected chi connectivity index (χ4v) is 4.79. The van der Waals surface area contributed by atoms with Gasteiger partial charge in [-0.25, -0.2) is 0 Å². The zero-order valence-electron chi connectivity index (χ0n) is 12.6. The van der Waals surface area contributed by atoms with Gasteiger partial charge < -0.3 is 9.42 Å². The smallest absolute Gasteiger partial charge is 0.255 e. The Balaban J connectivity index is 1.54. The van der Waals surface area contributed by atoms with E-state index in [0.29, 0.717) is 0 Å². The maximum Gasteiger partial charge on any atom is 0.255 e. The Morgan fingerprint density at radius 2 is 2.23 bits per heavy atom. The van der Waals surface area contributed by atoms with Crippen LogP contribution in [-0.4, -0.2) is 29.1 Å². The Hall–Kier alpha value is -1.62. The molecule has 5 heteroatoms. The number of aryl methyl sites for hydroxylation is 1. The number of carbonyl (C=O) groups is 1. The van der Waals surface area contributed by atoms with Crippen LogP contribution in [-0.2, 0) is 12.8 Å². The van der Waals surface area contributed by atoms with E-state index in [9.17, 15) is 4.79 Å². The number of nitrogens with zero attached hydrogens (tertiary/aromatic N) is 2. The standard InChI is InChI=1S/C17H20N2O2S/c20-17(14-11-22-16-6-2-1-5-13(14)16)19-9-3-4-12(10-19)15-7-8-18-21-15/h7-8,11-12H,1-6,9-10H2. The van der Waals surface area contributed by atoms with Crippen molar-refractivity contribution in [3.8, 4) is 0 Å². The van der Waals surface area contributed by atoms with Crippen LogP contribution in [0.4, 0.5) is 0 Å². The number of hydrogen-bond acceptors (Lipinski definition) is 4. The highest BCUT2D eigenvalue weighted by atomic mass is 32.1. The molecule has 4 rings (SSSR count). The van der Waals surface area contributed by atoms with Gasteiger partial charge in [-0.15, -0.1) is 11.3 Å². The molecular formula is C17H20N2O2S. The van der Waals surface area contributed by atoms with Crippen LogP contribution in [0.1, 0.15) is 58.2 Å². The summed E-state index contributed by atoms with van der Waals surface area (Å²) >= 11 is 1.77. The normalized spacial score (nSPS) is 21.6. The highest BCUT2D eigenvalue weighted by Gasteiger charge is 2.29. The second-order valence-corrected chi connectivity index (χ2v) is 7.23. The number of carbonyl (C=O) groups excluding carboxylic acids is 1. The van der Waals surface area contributed by atoms with Crippen molar-refractivity contribution < 1.29 is 9.32 Å². The summed E-state index contributed by atoms with van der Waals surface area (Å²) in [6.07, 6.45) is 8.48. The van der Waals surface area contributed by atoms with Gasteiger partial charge in [-0.2, -0.15) is 0 Å². The van der Waals surface area contributed by atoms with Gasteiger partial charge in [0.1, 0.15) is 5.76 Å². The number of hydrogen-bond donors (Lipinski definition) is 0. The minimum Gasteiger partial charge on any atom is -0.361 e. The van der Waals surface area contributed by atoms with Crippen LogP contribution in [0, 0.1) is 0 Å². The van der Waals surface area contributed by atoms with Crippen molar-refractivity contribution in [2.45, 2.75) is 44.4 Å². The third kappa shape index (κ3) is 2.47. The zero-order valence-corrected chi connectivity index (χ0v) is 13.4. The quantitative estimate of drug-likeness (QED) is 0.850. The average molecular weight is 316 g/mol. The highest BCUT2D eigenvalue weighted by Crippen LogP contribution is 2.33. The first-order valence-corrected chi connectivity index (χ1v) is 9.00. The van der Waals surface area contributed by atoms with E-state index >= 15 is 0 Å². The number of amides is 1. The summed E-state index contributed by atoms with van der Waals surface area (Å²) in [6.45, 7) is 1.60. The van der Waals surface area contributed by atoms with Crippen molar-refractivity contribution in [3.63, 3.8) is 0 Å². The zero-order chi connectivity index (χ0) is 14.9. The predicted molar refractivity (Wildman–Crippen MR) is 85.3 cm³/mol. The Kier molecular flexibility index (Phi) is 3.74. The Bertz CT molecular complexity index is 662. The molecule has 0 N–H and O–H groups in total. The Morgan fingerprint density at radius 3 is 3.09 bits per heavy atom. The molecule has 1 saturated heterocycles. The van der Waals surface area contributed by atoms with E-state index in [0.717, 1.165) is 50.1 Å². The van der Waals surface area contributed by atoms with E-state index in [2.05, 4.69) is 10.5 Å². The summed E-state index contributed by atoms with van der Waals surface area (Å²) in [4.78, 5) is 16.4. The first kappa shape index (κ1) is 14.0. The number of fused-ring (bicyclic) bond motifs is 1. The molecule has 22 heavy (non-hydrogen) atoms. The van der Waals surface area contributed by atoms with Crippen molar-refractivity contribution in [2.24, 2.45) is 0 Å². The molecule has 0 saturated carbocycles. The fraction of sp³-hybridized carbons (Fsp3) is 0.529. The van der Waals surface area contributed by atoms with Crippen LogP contribution in [0.15, 0.2) is 22.2 Å². The molecule has 2 aliphatic rings. The van der Waals surface area contributed by atoms with Gasteiger partial charge in [0, 0.05) is 35.3 Å². The van der Waals surface area contributed by atoms with Crippen LogP contribution >= 0.6 is 11.3 Å². The molecule has 1 unspecified atom stereocenters. The predicted octanol–water partition coefficient (Wildman–Crippen LogP) is 3.63. The highest BCUT2D eigenvalue weighted by molar-refractivity contribution is 7.10.